The number of fused-ring (bicyclic) bond motifs is 1. The number of nitro benzene ring substituents is 1. The number of carbonyl (C=O) groups is 2. The minimum Gasteiger partial charge on any atom is -0.493 e. The summed E-state index contributed by atoms with van der Waals surface area (Å²) in [6.45, 7) is 0. The van der Waals surface area contributed by atoms with Crippen molar-refractivity contribution < 1.29 is 24.0 Å². The third-order valence-corrected chi connectivity index (χ3v) is 3.81. The number of ether oxygens (including phenoxy) is 2. The molecule has 0 N–H and O–H groups in total. The molecule has 0 saturated heterocycles. The Kier molecular flexibility index (Phi) is 4.36. The van der Waals surface area contributed by atoms with Crippen molar-refractivity contribution in [3.05, 3.63) is 63.2 Å². The van der Waals surface area contributed by atoms with E-state index in [1.807, 2.05) is 0 Å². The highest BCUT2D eigenvalue weighted by Gasteiger charge is 2.35. The van der Waals surface area contributed by atoms with Crippen molar-refractivity contribution in [2.75, 3.05) is 14.2 Å². The van der Waals surface area contributed by atoms with Crippen LogP contribution < -0.4 is 9.47 Å². The standard InChI is InChI=1S/C17H13N3O6/c1-25-14-7-10(13(20(23)24)8-15(14)26-2)9-18-19-16(21)11-5-3-4-6-12(11)17(19)22/h3-9H,1-2H3/b18-9+. The summed E-state index contributed by atoms with van der Waals surface area (Å²) in [7, 11) is 2.74. The van der Waals surface area contributed by atoms with Crippen molar-refractivity contribution in [3.8, 4) is 11.5 Å². The van der Waals surface area contributed by atoms with Crippen LogP contribution in [-0.4, -0.2) is 42.2 Å². The highest BCUT2D eigenvalue weighted by atomic mass is 16.6. The first-order chi connectivity index (χ1) is 12.5. The average Bonchev–Trinajstić information content (AvgIpc) is 2.90. The van der Waals surface area contributed by atoms with Crippen LogP contribution in [0.4, 0.5) is 5.69 Å². The van der Waals surface area contributed by atoms with Crippen molar-refractivity contribution in [2.24, 2.45) is 5.10 Å². The van der Waals surface area contributed by atoms with Gasteiger partial charge in [-0.3, -0.25) is 19.7 Å². The quantitative estimate of drug-likeness (QED) is 0.352. The van der Waals surface area contributed by atoms with Gasteiger partial charge in [0.25, 0.3) is 17.5 Å². The van der Waals surface area contributed by atoms with Crippen LogP contribution in [0.2, 0.25) is 0 Å². The second-order valence-electron chi connectivity index (χ2n) is 5.24. The molecule has 0 atom stereocenters. The summed E-state index contributed by atoms with van der Waals surface area (Å²) >= 11 is 0. The number of carbonyl (C=O) groups excluding carboxylic acids is 2. The van der Waals surface area contributed by atoms with Gasteiger partial charge >= 0.3 is 0 Å². The number of benzene rings is 2. The molecule has 2 amide bonds. The average molecular weight is 355 g/mol. The van der Waals surface area contributed by atoms with Gasteiger partial charge in [-0.2, -0.15) is 10.1 Å². The molecule has 3 rings (SSSR count). The van der Waals surface area contributed by atoms with E-state index in [4.69, 9.17) is 9.47 Å². The number of rotatable bonds is 5. The van der Waals surface area contributed by atoms with Crippen LogP contribution in [0.1, 0.15) is 26.3 Å². The van der Waals surface area contributed by atoms with Gasteiger partial charge < -0.3 is 9.47 Å². The fraction of sp³-hybridized carbons (Fsp3) is 0.118. The first-order valence-electron chi connectivity index (χ1n) is 7.40. The van der Waals surface area contributed by atoms with E-state index in [0.717, 1.165) is 6.21 Å². The molecular formula is C17H13N3O6. The molecule has 0 saturated carbocycles. The number of methoxy groups -OCH3 is 2. The zero-order valence-electron chi connectivity index (χ0n) is 13.8. The molecule has 1 aliphatic heterocycles. The van der Waals surface area contributed by atoms with Crippen LogP contribution in [0.3, 0.4) is 0 Å². The highest BCUT2D eigenvalue weighted by molar-refractivity contribution is 6.21. The van der Waals surface area contributed by atoms with Gasteiger partial charge in [0.2, 0.25) is 0 Å². The van der Waals surface area contributed by atoms with E-state index in [-0.39, 0.29) is 33.9 Å². The van der Waals surface area contributed by atoms with Gasteiger partial charge in [-0.1, -0.05) is 12.1 Å². The smallest absolute Gasteiger partial charge is 0.282 e. The SMILES string of the molecule is COc1cc(/C=N/N2C(=O)c3ccccc3C2=O)c([N+](=O)[O-])cc1OC. The Bertz CT molecular complexity index is 919. The normalized spacial score (nSPS) is 13.2. The molecule has 1 heterocycles. The number of hydrogen-bond donors (Lipinski definition) is 0. The van der Waals surface area contributed by atoms with Crippen LogP contribution in [0.15, 0.2) is 41.5 Å². The second-order valence-corrected chi connectivity index (χ2v) is 5.24. The third kappa shape index (κ3) is 2.75. The summed E-state index contributed by atoms with van der Waals surface area (Å²) in [5.74, 6) is -0.756. The summed E-state index contributed by atoms with van der Waals surface area (Å²) in [6, 6.07) is 8.84. The van der Waals surface area contributed by atoms with Crippen LogP contribution >= 0.6 is 0 Å². The maximum absolute atomic E-state index is 12.3. The van der Waals surface area contributed by atoms with Gasteiger partial charge in [-0.15, -0.1) is 0 Å². The van der Waals surface area contributed by atoms with Crippen molar-refractivity contribution in [1.82, 2.24) is 5.01 Å². The third-order valence-electron chi connectivity index (χ3n) is 3.81. The second kappa shape index (κ2) is 6.63. The lowest BCUT2D eigenvalue weighted by atomic mass is 10.1. The molecule has 132 valence electrons. The Morgan fingerprint density at radius 2 is 1.58 bits per heavy atom. The molecule has 0 radical (unpaired) electrons. The van der Waals surface area contributed by atoms with Gasteiger partial charge in [0.15, 0.2) is 11.5 Å². The predicted octanol–water partition coefficient (Wildman–Crippen LogP) is 2.24. The Balaban J connectivity index is 2.00. The minimum atomic E-state index is -0.619. The van der Waals surface area contributed by atoms with Gasteiger partial charge in [0.05, 0.1) is 48.1 Å². The Labute approximate surface area is 147 Å². The minimum absolute atomic E-state index is 0.0595. The molecule has 9 nitrogen and oxygen atoms in total. The molecule has 0 aromatic heterocycles. The van der Waals surface area contributed by atoms with Crippen LogP contribution in [0.25, 0.3) is 0 Å². The number of imide groups is 1. The molecule has 0 unspecified atom stereocenters. The maximum atomic E-state index is 12.3. The molecule has 2 aromatic rings. The van der Waals surface area contributed by atoms with Crippen molar-refractivity contribution in [3.63, 3.8) is 0 Å². The van der Waals surface area contributed by atoms with E-state index < -0.39 is 16.7 Å². The fourth-order valence-electron chi connectivity index (χ4n) is 2.55. The molecule has 2 aromatic carbocycles. The first-order valence-corrected chi connectivity index (χ1v) is 7.40. The monoisotopic (exact) mass is 355 g/mol. The van der Waals surface area contributed by atoms with Crippen LogP contribution in [0.5, 0.6) is 11.5 Å². The molecule has 26 heavy (non-hydrogen) atoms. The van der Waals surface area contributed by atoms with Crippen LogP contribution in [0, 0.1) is 10.1 Å². The van der Waals surface area contributed by atoms with E-state index in [2.05, 4.69) is 5.10 Å². The van der Waals surface area contributed by atoms with E-state index in [0.29, 0.717) is 5.01 Å². The van der Waals surface area contributed by atoms with Gasteiger partial charge in [0.1, 0.15) is 0 Å². The van der Waals surface area contributed by atoms with E-state index in [1.54, 1.807) is 12.1 Å². The Morgan fingerprint density at radius 3 is 2.08 bits per heavy atom. The van der Waals surface area contributed by atoms with E-state index in [9.17, 15) is 19.7 Å². The Morgan fingerprint density at radius 1 is 1.04 bits per heavy atom. The topological polar surface area (TPSA) is 111 Å². The summed E-state index contributed by atoms with van der Waals surface area (Å²) < 4.78 is 10.2. The Hall–Kier alpha value is -3.75. The summed E-state index contributed by atoms with van der Waals surface area (Å²) in [6.07, 6.45) is 1.07. The molecular weight excluding hydrogens is 342 g/mol. The molecule has 0 aliphatic carbocycles. The summed E-state index contributed by atoms with van der Waals surface area (Å²) in [4.78, 5) is 35.2. The molecule has 0 spiro atoms. The van der Waals surface area contributed by atoms with Gasteiger partial charge in [-0.25, -0.2) is 0 Å². The van der Waals surface area contributed by atoms with Crippen LogP contribution in [-0.2, 0) is 0 Å². The van der Waals surface area contributed by atoms with Crippen molar-refractivity contribution in [2.45, 2.75) is 0 Å². The number of hydrogen-bond acceptors (Lipinski definition) is 7. The zero-order chi connectivity index (χ0) is 18.8. The predicted molar refractivity (Wildman–Crippen MR) is 90.7 cm³/mol. The molecule has 0 bridgehead atoms. The summed E-state index contributed by atoms with van der Waals surface area (Å²) in [5.41, 5.74) is 0.222. The molecule has 1 aliphatic rings. The number of nitrogens with zero attached hydrogens (tertiary/aromatic N) is 3. The van der Waals surface area contributed by atoms with Crippen molar-refractivity contribution in [1.29, 1.82) is 0 Å². The van der Waals surface area contributed by atoms with E-state index >= 15 is 0 Å². The lowest BCUT2D eigenvalue weighted by Crippen LogP contribution is -2.24. The summed E-state index contributed by atoms with van der Waals surface area (Å²) in [5, 5.41) is 15.8. The largest absolute Gasteiger partial charge is 0.493 e. The molecule has 9 heteroatoms. The lowest BCUT2D eigenvalue weighted by molar-refractivity contribution is -0.385. The highest BCUT2D eigenvalue weighted by Crippen LogP contribution is 2.34. The fourth-order valence-corrected chi connectivity index (χ4v) is 2.55. The maximum Gasteiger partial charge on any atom is 0.282 e. The van der Waals surface area contributed by atoms with Crippen molar-refractivity contribution >= 4 is 23.7 Å². The molecule has 0 fully saturated rings. The number of nitro groups is 1. The van der Waals surface area contributed by atoms with E-state index in [1.165, 1.54) is 38.5 Å². The first kappa shape index (κ1) is 17.1. The number of amides is 2. The lowest BCUT2D eigenvalue weighted by Gasteiger charge is -2.09. The zero-order valence-corrected chi connectivity index (χ0v) is 13.8. The number of hydrazone groups is 1. The van der Waals surface area contributed by atoms with Gasteiger partial charge in [0, 0.05) is 0 Å². The van der Waals surface area contributed by atoms with Gasteiger partial charge in [-0.05, 0) is 18.2 Å².